The maximum Gasteiger partial charge on any atom is 0.316 e. The van der Waals surface area contributed by atoms with Gasteiger partial charge >= 0.3 is 11.1 Å². The number of halogens is 4. The zero-order chi connectivity index (χ0) is 49.1. The van der Waals surface area contributed by atoms with Crippen molar-refractivity contribution in [2.45, 2.75) is 73.0 Å². The Bertz CT molecular complexity index is 2880. The van der Waals surface area contributed by atoms with Crippen molar-refractivity contribution in [1.82, 2.24) is 29.2 Å². The highest BCUT2D eigenvalue weighted by Crippen LogP contribution is 2.50. The highest BCUT2D eigenvalue weighted by atomic mass is 32.2. The summed E-state index contributed by atoms with van der Waals surface area (Å²) in [4.78, 5) is 40.9. The highest BCUT2D eigenvalue weighted by molar-refractivity contribution is 7.88. The Kier molecular flexibility index (Phi) is 17.0. The molecule has 4 fully saturated rings. The van der Waals surface area contributed by atoms with Crippen molar-refractivity contribution in [3.05, 3.63) is 133 Å². The standard InChI is InChI=1S/C27H29F2N5O6S.C20H24F2N4O2.2CH4/c1-2-27(7-8-27)18-40-25-24(16-30-33(26(25)35)23-14-20(28)13-21(29)15-23)31-9-11-32(12-10-31)41(38,39)17-19-3-5-22(6-4-19)34(36)37;1-2-20(3-4-20)13-28-18-17(25-7-5-23-6-8-25)12-24-26(19(18)27)16-10-14(21)9-15(22)11-16;;/h3-6,13-16H,2,7-12,17-18H2,1H3;9-12,23H,2-8,13H2,1H3;2*1H4. The van der Waals surface area contributed by atoms with E-state index in [2.05, 4.69) is 27.3 Å². The number of anilines is 2. The van der Waals surface area contributed by atoms with Gasteiger partial charge in [0.2, 0.25) is 21.5 Å². The molecular formula is C49H61F4N9O8S. The molecule has 71 heavy (non-hydrogen) atoms. The molecule has 0 atom stereocenters. The minimum Gasteiger partial charge on any atom is -0.486 e. The number of hydrogen-bond donors (Lipinski definition) is 1. The van der Waals surface area contributed by atoms with E-state index in [1.807, 2.05) is 11.8 Å². The van der Waals surface area contributed by atoms with Crippen LogP contribution >= 0.6 is 0 Å². The monoisotopic (exact) mass is 1010 g/mol. The molecule has 2 aromatic heterocycles. The quantitative estimate of drug-likeness (QED) is 0.0586. The Morgan fingerprint density at radius 1 is 0.662 bits per heavy atom. The van der Waals surface area contributed by atoms with Crippen molar-refractivity contribution in [3.8, 4) is 22.9 Å². The van der Waals surface area contributed by atoms with Crippen LogP contribution in [0.2, 0.25) is 0 Å². The topological polar surface area (TPSA) is 187 Å². The summed E-state index contributed by atoms with van der Waals surface area (Å²) < 4.78 is 96.6. The number of piperazine rings is 2. The largest absolute Gasteiger partial charge is 0.486 e. The van der Waals surface area contributed by atoms with Crippen molar-refractivity contribution < 1.29 is 40.4 Å². The second-order valence-corrected chi connectivity index (χ2v) is 20.0. The smallest absolute Gasteiger partial charge is 0.316 e. The molecule has 4 aliphatic rings. The van der Waals surface area contributed by atoms with Gasteiger partial charge in [-0.25, -0.2) is 26.0 Å². The molecule has 2 saturated carbocycles. The number of hydrogen-bond acceptors (Lipinski definition) is 13. The summed E-state index contributed by atoms with van der Waals surface area (Å²) in [7, 11) is -3.72. The van der Waals surface area contributed by atoms with E-state index in [-0.39, 0.29) is 86.2 Å². The van der Waals surface area contributed by atoms with Gasteiger partial charge in [-0.3, -0.25) is 19.7 Å². The zero-order valence-electron chi connectivity index (χ0n) is 38.2. The first kappa shape index (κ1) is 54.0. The van der Waals surface area contributed by atoms with Crippen LogP contribution in [0.25, 0.3) is 11.4 Å². The first-order chi connectivity index (χ1) is 33.0. The van der Waals surface area contributed by atoms with Gasteiger partial charge in [-0.1, -0.05) is 40.8 Å². The molecule has 384 valence electrons. The van der Waals surface area contributed by atoms with E-state index < -0.39 is 49.3 Å². The number of rotatable bonds is 16. The Balaban J connectivity index is 0.000000241. The molecular weight excluding hydrogens is 951 g/mol. The number of nitro groups is 1. The average Bonchev–Trinajstić information content (AvgIpc) is 4.28. The normalized spacial score (nSPS) is 16.9. The van der Waals surface area contributed by atoms with Gasteiger partial charge in [-0.15, -0.1) is 0 Å². The number of non-ortho nitro benzene ring substituents is 1. The fourth-order valence-corrected chi connectivity index (χ4v) is 9.92. The SMILES string of the molecule is C.C.CCC1(COc2c(N3CCN(S(=O)(=O)Cc4ccc([N+](=O)[O-])cc4)CC3)cnn(-c3cc(F)cc(F)c3)c2=O)CC1.CCC1(COc2c(N3CCNCC3)cnn(-c3cc(F)cc(F)c3)c2=O)CC1. The summed E-state index contributed by atoms with van der Waals surface area (Å²) in [5, 5.41) is 22.5. The zero-order valence-corrected chi connectivity index (χ0v) is 39.0. The summed E-state index contributed by atoms with van der Waals surface area (Å²) >= 11 is 0. The Hall–Kier alpha value is -6.39. The predicted molar refractivity (Wildman–Crippen MR) is 262 cm³/mol. The molecule has 2 saturated heterocycles. The van der Waals surface area contributed by atoms with Gasteiger partial charge in [0.25, 0.3) is 5.69 Å². The molecule has 22 heteroatoms. The second-order valence-electron chi connectivity index (χ2n) is 18.0. The van der Waals surface area contributed by atoms with E-state index in [0.29, 0.717) is 36.2 Å². The van der Waals surface area contributed by atoms with Gasteiger partial charge in [-0.05, 0) is 68.4 Å². The Morgan fingerprint density at radius 2 is 1.07 bits per heavy atom. The number of nitrogens with one attached hydrogen (secondary N) is 1. The lowest BCUT2D eigenvalue weighted by atomic mass is 10.1. The summed E-state index contributed by atoms with van der Waals surface area (Å²) in [6.45, 7) is 8.75. The molecule has 0 unspecified atom stereocenters. The minimum absolute atomic E-state index is 0. The lowest BCUT2D eigenvalue weighted by Gasteiger charge is -2.35. The number of sulfonamides is 1. The minimum atomic E-state index is -3.72. The molecule has 9 rings (SSSR count). The van der Waals surface area contributed by atoms with Crippen LogP contribution in [0, 0.1) is 44.2 Å². The Morgan fingerprint density at radius 3 is 1.45 bits per heavy atom. The molecule has 0 radical (unpaired) electrons. The van der Waals surface area contributed by atoms with E-state index in [1.165, 1.54) is 34.8 Å². The third kappa shape index (κ3) is 12.6. The molecule has 0 spiro atoms. The van der Waals surface area contributed by atoms with E-state index in [9.17, 15) is 45.7 Å². The summed E-state index contributed by atoms with van der Waals surface area (Å²) in [5.74, 6) is -3.35. The van der Waals surface area contributed by atoms with E-state index in [1.54, 1.807) is 6.20 Å². The first-order valence-corrected chi connectivity index (χ1v) is 24.5. The van der Waals surface area contributed by atoms with Gasteiger partial charge in [-0.2, -0.15) is 23.9 Å². The second kappa shape index (κ2) is 22.4. The molecule has 1 N–H and O–H groups in total. The summed E-state index contributed by atoms with van der Waals surface area (Å²) in [6, 6.07) is 11.0. The number of benzene rings is 3. The fraction of sp³-hybridized carbons (Fsp3) is 0.469. The number of aromatic nitrogens is 4. The molecule has 0 bridgehead atoms. The van der Waals surface area contributed by atoms with Gasteiger partial charge in [0.1, 0.15) is 34.6 Å². The van der Waals surface area contributed by atoms with Crippen molar-refractivity contribution in [3.63, 3.8) is 0 Å². The number of ether oxygens (including phenoxy) is 2. The number of nitrogens with zero attached hydrogens (tertiary/aromatic N) is 8. The van der Waals surface area contributed by atoms with Crippen LogP contribution < -0.4 is 35.7 Å². The highest BCUT2D eigenvalue weighted by Gasteiger charge is 2.43. The summed E-state index contributed by atoms with van der Waals surface area (Å²) in [5.41, 5.74) is 0.204. The molecule has 4 heterocycles. The predicted octanol–water partition coefficient (Wildman–Crippen LogP) is 7.40. The van der Waals surface area contributed by atoms with Crippen molar-refractivity contribution in [2.24, 2.45) is 10.8 Å². The van der Waals surface area contributed by atoms with Crippen LogP contribution in [0.5, 0.6) is 11.5 Å². The molecule has 2 aliphatic heterocycles. The lowest BCUT2D eigenvalue weighted by Crippen LogP contribution is -2.49. The third-order valence-electron chi connectivity index (χ3n) is 13.4. The maximum atomic E-state index is 13.9. The van der Waals surface area contributed by atoms with Crippen molar-refractivity contribution >= 4 is 27.1 Å². The number of nitro benzene ring substituents is 1. The van der Waals surface area contributed by atoms with Crippen LogP contribution in [0.3, 0.4) is 0 Å². The average molecular weight is 1010 g/mol. The molecule has 5 aromatic rings. The van der Waals surface area contributed by atoms with Gasteiger partial charge < -0.3 is 24.6 Å². The Labute approximate surface area is 410 Å². The van der Waals surface area contributed by atoms with E-state index >= 15 is 0 Å². The summed E-state index contributed by atoms with van der Waals surface area (Å²) in [6.07, 6.45) is 8.92. The van der Waals surface area contributed by atoms with Gasteiger partial charge in [0.05, 0.1) is 47.7 Å². The first-order valence-electron chi connectivity index (χ1n) is 22.9. The van der Waals surface area contributed by atoms with Gasteiger partial charge in [0.15, 0.2) is 0 Å². The maximum absolute atomic E-state index is 13.9. The molecule has 2 aliphatic carbocycles. The molecule has 17 nitrogen and oxygen atoms in total. The fourth-order valence-electron chi connectivity index (χ4n) is 8.40. The van der Waals surface area contributed by atoms with Crippen LogP contribution in [0.1, 0.15) is 72.8 Å². The van der Waals surface area contributed by atoms with Gasteiger partial charge in [0, 0.05) is 87.5 Å². The van der Waals surface area contributed by atoms with Crippen molar-refractivity contribution in [1.29, 1.82) is 0 Å². The van der Waals surface area contributed by atoms with Crippen LogP contribution in [0.4, 0.5) is 34.6 Å². The van der Waals surface area contributed by atoms with Crippen LogP contribution in [-0.2, 0) is 15.8 Å². The van der Waals surface area contributed by atoms with E-state index in [0.717, 1.165) is 104 Å². The lowest BCUT2D eigenvalue weighted by molar-refractivity contribution is -0.384. The van der Waals surface area contributed by atoms with Crippen LogP contribution in [-0.4, -0.2) is 103 Å². The third-order valence-corrected chi connectivity index (χ3v) is 15.2. The van der Waals surface area contributed by atoms with Crippen LogP contribution in [0.15, 0.2) is 82.6 Å². The molecule has 3 aromatic carbocycles. The van der Waals surface area contributed by atoms with E-state index in [4.69, 9.17) is 9.47 Å². The van der Waals surface area contributed by atoms with Crippen molar-refractivity contribution in [2.75, 3.05) is 75.4 Å². The molecule has 0 amide bonds.